The van der Waals surface area contributed by atoms with E-state index < -0.39 is 0 Å². The lowest BCUT2D eigenvalue weighted by molar-refractivity contribution is -0.136. The molecule has 5 nitrogen and oxygen atoms in total. The van der Waals surface area contributed by atoms with Gasteiger partial charge in [0.25, 0.3) is 0 Å². The molecule has 0 atom stereocenters. The van der Waals surface area contributed by atoms with E-state index in [1.54, 1.807) is 6.20 Å². The summed E-state index contributed by atoms with van der Waals surface area (Å²) in [5, 5.41) is 0.564. The minimum atomic E-state index is -0.246. The number of aromatic nitrogens is 1. The fourth-order valence-corrected chi connectivity index (χ4v) is 4.55. The minimum absolute atomic E-state index is 0.203. The number of hydrogen-bond acceptors (Lipinski definition) is 5. The molecule has 1 spiro atoms. The number of piperidine rings is 1. The Kier molecular flexibility index (Phi) is 3.90. The van der Waals surface area contributed by atoms with Gasteiger partial charge in [0.15, 0.2) is 5.82 Å². The maximum absolute atomic E-state index is 6.60. The first kappa shape index (κ1) is 16.6. The first-order valence-electron chi connectivity index (χ1n) is 8.63. The lowest BCUT2D eigenvalue weighted by Gasteiger charge is -2.41. The Bertz CT molecular complexity index is 800. The predicted molar refractivity (Wildman–Crippen MR) is 101 cm³/mol. The van der Waals surface area contributed by atoms with Crippen LogP contribution in [-0.4, -0.2) is 18.1 Å². The van der Waals surface area contributed by atoms with Gasteiger partial charge in [-0.15, -0.1) is 0 Å². The van der Waals surface area contributed by atoms with Crippen molar-refractivity contribution in [2.24, 2.45) is 5.84 Å². The smallest absolute Gasteiger partial charge is 0.160 e. The fraction of sp³-hybridized carbons (Fsp3) is 0.421. The number of ether oxygens (including phenoxy) is 1. The van der Waals surface area contributed by atoms with Crippen molar-refractivity contribution in [3.05, 3.63) is 52.7 Å². The topological polar surface area (TPSA) is 63.4 Å². The van der Waals surface area contributed by atoms with Crippen LogP contribution in [0.4, 0.5) is 11.5 Å². The molecule has 2 aliphatic rings. The Labute approximate surface area is 153 Å². The first-order chi connectivity index (χ1) is 12.0. The van der Waals surface area contributed by atoms with E-state index in [4.69, 9.17) is 22.2 Å². The highest BCUT2D eigenvalue weighted by molar-refractivity contribution is 6.35. The molecule has 1 fully saturated rings. The Morgan fingerprint density at radius 3 is 2.52 bits per heavy atom. The van der Waals surface area contributed by atoms with Gasteiger partial charge in [-0.1, -0.05) is 35.9 Å². The van der Waals surface area contributed by atoms with Crippen LogP contribution in [0.2, 0.25) is 5.02 Å². The van der Waals surface area contributed by atoms with Gasteiger partial charge in [0.2, 0.25) is 0 Å². The Morgan fingerprint density at radius 1 is 1.16 bits per heavy atom. The first-order valence-corrected chi connectivity index (χ1v) is 9.01. The lowest BCUT2D eigenvalue weighted by atomic mass is 9.82. The molecule has 1 saturated heterocycles. The third-order valence-electron chi connectivity index (χ3n) is 5.43. The van der Waals surface area contributed by atoms with Gasteiger partial charge in [-0.3, -0.25) is 0 Å². The van der Waals surface area contributed by atoms with Gasteiger partial charge in [0, 0.05) is 19.3 Å². The SMILES string of the molecule is CC1(C)OC2(CCN(c3ccnc(NN)c3Cl)CC2)c2ccccc21. The number of nitrogen functional groups attached to an aromatic ring is 1. The average molecular weight is 359 g/mol. The van der Waals surface area contributed by atoms with Crippen molar-refractivity contribution in [2.75, 3.05) is 23.4 Å². The van der Waals surface area contributed by atoms with E-state index in [0.29, 0.717) is 10.8 Å². The van der Waals surface area contributed by atoms with Gasteiger partial charge in [-0.25, -0.2) is 10.8 Å². The van der Waals surface area contributed by atoms with Crippen LogP contribution in [0.15, 0.2) is 36.5 Å². The standard InChI is InChI=1S/C19H23ClN4O/c1-18(2)13-5-3-4-6-14(13)19(25-18)8-11-24(12-9-19)15-7-10-22-17(23-21)16(15)20/h3-7,10H,8-9,11-12,21H2,1-2H3,(H,22,23). The summed E-state index contributed by atoms with van der Waals surface area (Å²) in [6, 6.07) is 10.5. The fourth-order valence-electron chi connectivity index (χ4n) is 4.26. The Morgan fingerprint density at radius 2 is 1.84 bits per heavy atom. The highest BCUT2D eigenvalue weighted by Gasteiger charge is 2.49. The molecule has 1 aromatic carbocycles. The van der Waals surface area contributed by atoms with Gasteiger partial charge < -0.3 is 15.1 Å². The van der Waals surface area contributed by atoms with Crippen LogP contribution in [-0.2, 0) is 15.9 Å². The summed E-state index contributed by atoms with van der Waals surface area (Å²) < 4.78 is 6.60. The third kappa shape index (κ3) is 2.58. The van der Waals surface area contributed by atoms with Crippen LogP contribution in [0.1, 0.15) is 37.8 Å². The van der Waals surface area contributed by atoms with E-state index in [0.717, 1.165) is 31.6 Å². The second-order valence-electron chi connectivity index (χ2n) is 7.28. The summed E-state index contributed by atoms with van der Waals surface area (Å²) in [7, 11) is 0. The van der Waals surface area contributed by atoms with Crippen LogP contribution >= 0.6 is 11.6 Å². The number of benzene rings is 1. The zero-order valence-corrected chi connectivity index (χ0v) is 15.3. The van der Waals surface area contributed by atoms with Gasteiger partial charge >= 0.3 is 0 Å². The monoisotopic (exact) mass is 358 g/mol. The normalized spacial score (nSPS) is 20.6. The molecule has 25 heavy (non-hydrogen) atoms. The number of fused-ring (bicyclic) bond motifs is 2. The molecule has 3 N–H and O–H groups in total. The molecule has 2 aromatic rings. The Hall–Kier alpha value is -1.82. The lowest BCUT2D eigenvalue weighted by Crippen LogP contribution is -2.43. The number of anilines is 2. The maximum atomic E-state index is 6.60. The van der Waals surface area contributed by atoms with E-state index in [2.05, 4.69) is 53.4 Å². The summed E-state index contributed by atoms with van der Waals surface area (Å²) in [5.41, 5.74) is 5.71. The van der Waals surface area contributed by atoms with Gasteiger partial charge in [0.1, 0.15) is 5.02 Å². The highest BCUT2D eigenvalue weighted by Crippen LogP contribution is 2.52. The van der Waals surface area contributed by atoms with Crippen molar-refractivity contribution >= 4 is 23.1 Å². The number of nitrogens with one attached hydrogen (secondary N) is 1. The van der Waals surface area contributed by atoms with E-state index in [1.165, 1.54) is 11.1 Å². The summed E-state index contributed by atoms with van der Waals surface area (Å²) in [4.78, 5) is 6.44. The van der Waals surface area contributed by atoms with Crippen LogP contribution in [0.3, 0.4) is 0 Å². The maximum Gasteiger partial charge on any atom is 0.160 e. The molecule has 6 heteroatoms. The van der Waals surface area contributed by atoms with Crippen molar-refractivity contribution in [2.45, 2.75) is 37.9 Å². The number of hydrazine groups is 1. The van der Waals surface area contributed by atoms with Crippen molar-refractivity contribution < 1.29 is 4.74 Å². The average Bonchev–Trinajstić information content (AvgIpc) is 2.84. The number of halogens is 1. The van der Waals surface area contributed by atoms with Crippen molar-refractivity contribution in [1.82, 2.24) is 4.98 Å². The molecule has 3 heterocycles. The number of pyridine rings is 1. The van der Waals surface area contributed by atoms with Crippen molar-refractivity contribution in [1.29, 1.82) is 0 Å². The van der Waals surface area contributed by atoms with E-state index >= 15 is 0 Å². The van der Waals surface area contributed by atoms with Crippen LogP contribution in [0, 0.1) is 0 Å². The molecule has 132 valence electrons. The molecule has 2 aliphatic heterocycles. The van der Waals surface area contributed by atoms with Crippen molar-refractivity contribution in [3.8, 4) is 0 Å². The van der Waals surface area contributed by atoms with E-state index in [1.807, 2.05) is 6.07 Å². The molecule has 0 radical (unpaired) electrons. The molecule has 0 amide bonds. The largest absolute Gasteiger partial charge is 0.370 e. The van der Waals surface area contributed by atoms with E-state index in [-0.39, 0.29) is 11.2 Å². The second-order valence-corrected chi connectivity index (χ2v) is 7.65. The van der Waals surface area contributed by atoms with Gasteiger partial charge in [-0.05, 0) is 43.9 Å². The minimum Gasteiger partial charge on any atom is -0.370 e. The Balaban J connectivity index is 1.61. The number of hydrogen-bond donors (Lipinski definition) is 2. The van der Waals surface area contributed by atoms with Crippen LogP contribution in [0.25, 0.3) is 0 Å². The number of nitrogens with two attached hydrogens (primary N) is 1. The van der Waals surface area contributed by atoms with Gasteiger partial charge in [-0.2, -0.15) is 0 Å². The molecular weight excluding hydrogens is 336 g/mol. The van der Waals surface area contributed by atoms with E-state index in [9.17, 15) is 0 Å². The van der Waals surface area contributed by atoms with Crippen LogP contribution in [0.5, 0.6) is 0 Å². The molecule has 4 rings (SSSR count). The molecule has 0 unspecified atom stereocenters. The summed E-state index contributed by atoms with van der Waals surface area (Å²) in [6.45, 7) is 6.06. The molecular formula is C19H23ClN4O. The second kappa shape index (κ2) is 5.87. The zero-order valence-electron chi connectivity index (χ0n) is 14.6. The van der Waals surface area contributed by atoms with Gasteiger partial charge in [0.05, 0.1) is 16.9 Å². The molecule has 0 bridgehead atoms. The van der Waals surface area contributed by atoms with Crippen LogP contribution < -0.4 is 16.2 Å². The quantitative estimate of drug-likeness (QED) is 0.631. The highest BCUT2D eigenvalue weighted by atomic mass is 35.5. The number of rotatable bonds is 2. The third-order valence-corrected chi connectivity index (χ3v) is 5.81. The molecule has 0 aliphatic carbocycles. The molecule has 0 saturated carbocycles. The summed E-state index contributed by atoms with van der Waals surface area (Å²) in [6.07, 6.45) is 3.58. The predicted octanol–water partition coefficient (Wildman–Crippen LogP) is 3.78. The zero-order chi connectivity index (χ0) is 17.7. The summed E-state index contributed by atoms with van der Waals surface area (Å²) in [5.74, 6) is 5.99. The summed E-state index contributed by atoms with van der Waals surface area (Å²) >= 11 is 6.44. The molecule has 1 aromatic heterocycles. The van der Waals surface area contributed by atoms with Crippen molar-refractivity contribution in [3.63, 3.8) is 0 Å². The number of nitrogens with zero attached hydrogens (tertiary/aromatic N) is 2.